The van der Waals surface area contributed by atoms with Crippen molar-refractivity contribution in [3.63, 3.8) is 0 Å². The standard InChI is InChI=1S/C40H55N5O11/c46-36(41-16-18-51-20-22-53-24-25-54-23-21-52-19-17-42-40(50)56-30-10-4-2-1-3-5-11-30)26-43-37(47)27-44-38(48)28-45-39(49)55-29-35-33-14-8-6-12-31(33)32-13-7-9-15-34(32)35/h1-2,6-9,12-15,30,35H,3-5,10-11,16-29H2,(H,41,46)(H,42,50)(H,43,47)(H,44,48)(H,45,49)/b2-1+. The van der Waals surface area contributed by atoms with Crippen LogP contribution in [0.15, 0.2) is 60.7 Å². The molecule has 16 heteroatoms. The second-order valence-corrected chi connectivity index (χ2v) is 13.0. The largest absolute Gasteiger partial charge is 0.449 e. The molecule has 0 aliphatic heterocycles. The fourth-order valence-electron chi connectivity index (χ4n) is 6.03. The van der Waals surface area contributed by atoms with Crippen LogP contribution in [0, 0.1) is 0 Å². The van der Waals surface area contributed by atoms with Crippen LogP contribution in [0.5, 0.6) is 0 Å². The molecule has 2 aliphatic carbocycles. The van der Waals surface area contributed by atoms with Crippen molar-refractivity contribution >= 4 is 29.9 Å². The van der Waals surface area contributed by atoms with E-state index in [-0.39, 0.29) is 51.4 Å². The molecule has 0 aromatic heterocycles. The van der Waals surface area contributed by atoms with Crippen LogP contribution in [-0.4, -0.2) is 128 Å². The van der Waals surface area contributed by atoms with Crippen LogP contribution in [0.2, 0.25) is 0 Å². The molecule has 0 saturated heterocycles. The molecule has 0 fully saturated rings. The fourth-order valence-corrected chi connectivity index (χ4v) is 6.03. The highest BCUT2D eigenvalue weighted by atomic mass is 16.6. The molecule has 16 nitrogen and oxygen atoms in total. The first kappa shape index (κ1) is 43.7. The number of carbonyl (C=O) groups excluding carboxylic acids is 5. The lowest BCUT2D eigenvalue weighted by Gasteiger charge is -2.18. The monoisotopic (exact) mass is 781 g/mol. The van der Waals surface area contributed by atoms with Gasteiger partial charge in [0.05, 0.1) is 65.9 Å². The van der Waals surface area contributed by atoms with Crippen molar-refractivity contribution in [2.75, 3.05) is 92.2 Å². The number of amides is 5. The number of hydrogen-bond acceptors (Lipinski definition) is 11. The average molecular weight is 782 g/mol. The summed E-state index contributed by atoms with van der Waals surface area (Å²) in [5.74, 6) is -1.68. The van der Waals surface area contributed by atoms with E-state index in [4.69, 9.17) is 28.4 Å². The van der Waals surface area contributed by atoms with Gasteiger partial charge in [-0.25, -0.2) is 9.59 Å². The van der Waals surface area contributed by atoms with E-state index in [9.17, 15) is 24.0 Å². The molecule has 1 atom stereocenters. The zero-order valence-electron chi connectivity index (χ0n) is 31.9. The normalized spacial score (nSPS) is 15.2. The Bertz CT molecular complexity index is 1530. The van der Waals surface area contributed by atoms with Gasteiger partial charge in [0.25, 0.3) is 0 Å². The summed E-state index contributed by atoms with van der Waals surface area (Å²) in [5, 5.41) is 12.5. The van der Waals surface area contributed by atoms with Crippen LogP contribution in [0.1, 0.15) is 49.1 Å². The molecular weight excluding hydrogens is 726 g/mol. The highest BCUT2D eigenvalue weighted by Gasteiger charge is 2.29. The van der Waals surface area contributed by atoms with Gasteiger partial charge < -0.3 is 55.0 Å². The van der Waals surface area contributed by atoms with Crippen molar-refractivity contribution in [1.29, 1.82) is 0 Å². The summed E-state index contributed by atoms with van der Waals surface area (Å²) in [6.07, 6.45) is 7.84. The predicted octanol–water partition coefficient (Wildman–Crippen LogP) is 2.56. The van der Waals surface area contributed by atoms with Crippen molar-refractivity contribution in [1.82, 2.24) is 26.6 Å². The highest BCUT2D eigenvalue weighted by molar-refractivity contribution is 5.89. The maximum absolute atomic E-state index is 12.3. The van der Waals surface area contributed by atoms with E-state index >= 15 is 0 Å². The lowest BCUT2D eigenvalue weighted by atomic mass is 9.98. The third-order valence-electron chi connectivity index (χ3n) is 8.82. The fraction of sp³-hybridized carbons (Fsp3) is 0.525. The minimum absolute atomic E-state index is 0.0370. The van der Waals surface area contributed by atoms with Gasteiger partial charge in [0.1, 0.15) is 19.3 Å². The Morgan fingerprint density at radius 3 is 1.64 bits per heavy atom. The Labute approximate surface area is 327 Å². The van der Waals surface area contributed by atoms with Crippen molar-refractivity contribution in [3.05, 3.63) is 71.8 Å². The number of hydrogen-bond donors (Lipinski definition) is 5. The Balaban J connectivity index is 0.880. The average Bonchev–Trinajstić information content (AvgIpc) is 3.51. The van der Waals surface area contributed by atoms with Gasteiger partial charge in [-0.3, -0.25) is 14.4 Å². The van der Waals surface area contributed by atoms with E-state index < -0.39 is 29.9 Å². The lowest BCUT2D eigenvalue weighted by molar-refractivity contribution is -0.127. The number of alkyl carbamates (subject to hydrolysis) is 2. The zero-order valence-corrected chi connectivity index (χ0v) is 31.9. The molecule has 0 saturated carbocycles. The summed E-state index contributed by atoms with van der Waals surface area (Å²) in [7, 11) is 0. The van der Waals surface area contributed by atoms with Gasteiger partial charge in [0, 0.05) is 19.0 Å². The van der Waals surface area contributed by atoms with Gasteiger partial charge in [-0.1, -0.05) is 60.7 Å². The maximum atomic E-state index is 12.3. The number of rotatable bonds is 24. The molecule has 0 heterocycles. The van der Waals surface area contributed by atoms with E-state index in [1.807, 2.05) is 48.5 Å². The van der Waals surface area contributed by atoms with Crippen LogP contribution in [0.3, 0.4) is 0 Å². The molecule has 5 amide bonds. The molecule has 4 rings (SSSR count). The Morgan fingerprint density at radius 2 is 1.04 bits per heavy atom. The molecule has 0 bridgehead atoms. The van der Waals surface area contributed by atoms with E-state index in [2.05, 4.69) is 38.7 Å². The van der Waals surface area contributed by atoms with Crippen LogP contribution in [0.4, 0.5) is 9.59 Å². The van der Waals surface area contributed by atoms with Gasteiger partial charge in [0.2, 0.25) is 17.7 Å². The van der Waals surface area contributed by atoms with Gasteiger partial charge in [-0.15, -0.1) is 0 Å². The number of nitrogens with one attached hydrogen (secondary N) is 5. The van der Waals surface area contributed by atoms with Crippen molar-refractivity contribution < 1.29 is 52.4 Å². The molecule has 1 unspecified atom stereocenters. The lowest BCUT2D eigenvalue weighted by Crippen LogP contribution is -2.44. The first-order valence-corrected chi connectivity index (χ1v) is 19.2. The van der Waals surface area contributed by atoms with Crippen LogP contribution >= 0.6 is 0 Å². The first-order valence-electron chi connectivity index (χ1n) is 19.2. The SMILES string of the molecule is O=C(CNC(=O)CNC(=O)CNC(=O)OCC1c2ccccc2-c2ccccc21)NCCOCCOCCOCCOCCNC(=O)OC1CC/C=C/CCC1. The highest BCUT2D eigenvalue weighted by Crippen LogP contribution is 2.44. The Kier molecular flexibility index (Phi) is 20.2. The third-order valence-corrected chi connectivity index (χ3v) is 8.82. The number of allylic oxidation sites excluding steroid dienone is 2. The van der Waals surface area contributed by atoms with Gasteiger partial charge in [-0.2, -0.15) is 0 Å². The molecule has 2 aliphatic rings. The summed E-state index contributed by atoms with van der Waals surface area (Å²) < 4.78 is 32.7. The molecule has 2 aromatic carbocycles. The van der Waals surface area contributed by atoms with Crippen LogP contribution in [-0.2, 0) is 42.8 Å². The van der Waals surface area contributed by atoms with E-state index in [1.165, 1.54) is 0 Å². The summed E-state index contributed by atoms with van der Waals surface area (Å²) >= 11 is 0. The first-order chi connectivity index (χ1) is 27.4. The van der Waals surface area contributed by atoms with Gasteiger partial charge >= 0.3 is 12.2 Å². The second kappa shape index (κ2) is 25.9. The second-order valence-electron chi connectivity index (χ2n) is 13.0. The van der Waals surface area contributed by atoms with Crippen molar-refractivity contribution in [2.24, 2.45) is 0 Å². The molecule has 56 heavy (non-hydrogen) atoms. The molecule has 2 aromatic rings. The van der Waals surface area contributed by atoms with Gasteiger partial charge in [0.15, 0.2) is 0 Å². The third kappa shape index (κ3) is 16.8. The summed E-state index contributed by atoms with van der Waals surface area (Å²) in [5.41, 5.74) is 4.37. The maximum Gasteiger partial charge on any atom is 0.407 e. The van der Waals surface area contributed by atoms with Gasteiger partial charge in [-0.05, 0) is 54.4 Å². The quantitative estimate of drug-likeness (QED) is 0.0775. The zero-order chi connectivity index (χ0) is 39.6. The summed E-state index contributed by atoms with van der Waals surface area (Å²) in [4.78, 5) is 60.4. The van der Waals surface area contributed by atoms with Crippen molar-refractivity contribution in [2.45, 2.75) is 44.1 Å². The molecule has 0 radical (unpaired) electrons. The van der Waals surface area contributed by atoms with Crippen LogP contribution < -0.4 is 26.6 Å². The summed E-state index contributed by atoms with van der Waals surface area (Å²) in [6, 6.07) is 15.9. The molecule has 0 spiro atoms. The molecule has 5 N–H and O–H groups in total. The minimum Gasteiger partial charge on any atom is -0.449 e. The Morgan fingerprint density at radius 1 is 0.536 bits per heavy atom. The molecular formula is C40H55N5O11. The van der Waals surface area contributed by atoms with Crippen LogP contribution in [0.25, 0.3) is 11.1 Å². The topological polar surface area (TPSA) is 201 Å². The minimum atomic E-state index is -0.747. The number of ether oxygens (including phenoxy) is 6. The number of benzene rings is 2. The Hall–Kier alpha value is -5.03. The van der Waals surface area contributed by atoms with E-state index in [0.29, 0.717) is 52.8 Å². The number of carbonyl (C=O) groups is 5. The molecule has 306 valence electrons. The number of fused-ring (bicyclic) bond motifs is 3. The smallest absolute Gasteiger partial charge is 0.407 e. The van der Waals surface area contributed by atoms with E-state index in [1.54, 1.807) is 0 Å². The van der Waals surface area contributed by atoms with Crippen molar-refractivity contribution in [3.8, 4) is 11.1 Å². The van der Waals surface area contributed by atoms with E-state index in [0.717, 1.165) is 54.4 Å². The summed E-state index contributed by atoms with van der Waals surface area (Å²) in [6.45, 7) is 2.60. The predicted molar refractivity (Wildman–Crippen MR) is 206 cm³/mol.